The van der Waals surface area contributed by atoms with Crippen LogP contribution >= 0.6 is 0 Å². The van der Waals surface area contributed by atoms with Gasteiger partial charge in [0.05, 0.1) is 0 Å². The zero-order chi connectivity index (χ0) is 18.7. The summed E-state index contributed by atoms with van der Waals surface area (Å²) >= 11 is 0. The molecule has 1 N–H and O–H groups in total. The van der Waals surface area contributed by atoms with Gasteiger partial charge in [0, 0.05) is 57.7 Å². The molecule has 138 valence electrons. The lowest BCUT2D eigenvalue weighted by Gasteiger charge is -2.35. The van der Waals surface area contributed by atoms with E-state index in [0.29, 0.717) is 32.1 Å². The molecular formula is C18H24N6O2. The molecule has 0 saturated carbocycles. The average molecular weight is 356 g/mol. The molecule has 0 radical (unpaired) electrons. The number of nitrogens with zero attached hydrogens (tertiary/aromatic N) is 5. The summed E-state index contributed by atoms with van der Waals surface area (Å²) in [5.41, 5.74) is 0.856. The van der Waals surface area contributed by atoms with Crippen LogP contribution in [0.3, 0.4) is 0 Å². The predicted molar refractivity (Wildman–Crippen MR) is 101 cm³/mol. The quantitative estimate of drug-likeness (QED) is 0.876. The molecule has 0 atom stereocenters. The van der Waals surface area contributed by atoms with Crippen LogP contribution in [-0.2, 0) is 7.05 Å². The van der Waals surface area contributed by atoms with Crippen molar-refractivity contribution in [3.63, 3.8) is 0 Å². The molecule has 3 rings (SSSR count). The Morgan fingerprint density at radius 2 is 1.96 bits per heavy atom. The van der Waals surface area contributed by atoms with Crippen molar-refractivity contribution in [2.75, 3.05) is 42.9 Å². The second-order valence-electron chi connectivity index (χ2n) is 6.34. The first-order valence-electron chi connectivity index (χ1n) is 8.79. The van der Waals surface area contributed by atoms with Crippen molar-refractivity contribution in [2.24, 2.45) is 7.05 Å². The largest absolute Gasteiger partial charge is 0.354 e. The summed E-state index contributed by atoms with van der Waals surface area (Å²) < 4.78 is 1.43. The Hall–Kier alpha value is -2.90. The van der Waals surface area contributed by atoms with Crippen LogP contribution in [0.25, 0.3) is 0 Å². The topological polar surface area (TPSA) is 83.4 Å². The predicted octanol–water partition coefficient (Wildman–Crippen LogP) is 0.878. The Morgan fingerprint density at radius 3 is 2.65 bits per heavy atom. The van der Waals surface area contributed by atoms with E-state index in [0.717, 1.165) is 18.1 Å². The van der Waals surface area contributed by atoms with Crippen LogP contribution in [0, 0.1) is 6.92 Å². The normalized spacial score (nSPS) is 14.4. The number of anilines is 2. The van der Waals surface area contributed by atoms with Crippen molar-refractivity contribution in [3.05, 3.63) is 46.0 Å². The van der Waals surface area contributed by atoms with Gasteiger partial charge in [-0.05, 0) is 26.0 Å². The number of hydrogen-bond acceptors (Lipinski definition) is 6. The van der Waals surface area contributed by atoms with Gasteiger partial charge in [0.15, 0.2) is 0 Å². The molecule has 1 aliphatic rings. The Kier molecular flexibility index (Phi) is 5.20. The molecule has 26 heavy (non-hydrogen) atoms. The first-order valence-corrected chi connectivity index (χ1v) is 8.79. The van der Waals surface area contributed by atoms with E-state index < -0.39 is 0 Å². The van der Waals surface area contributed by atoms with E-state index in [1.165, 1.54) is 4.57 Å². The SMILES string of the molecule is CCNc1nc(C)cc(N2CCN(C(=O)c3cccn(C)c3=O)CC2)n1. The lowest BCUT2D eigenvalue weighted by molar-refractivity contribution is 0.0744. The molecule has 8 nitrogen and oxygen atoms in total. The molecule has 8 heteroatoms. The lowest BCUT2D eigenvalue weighted by atomic mass is 10.2. The number of piperazine rings is 1. The van der Waals surface area contributed by atoms with Gasteiger partial charge in [0.25, 0.3) is 11.5 Å². The molecule has 2 aromatic rings. The summed E-state index contributed by atoms with van der Waals surface area (Å²) in [7, 11) is 1.65. The van der Waals surface area contributed by atoms with E-state index in [1.807, 2.05) is 19.9 Å². The van der Waals surface area contributed by atoms with Crippen LogP contribution in [0.5, 0.6) is 0 Å². The van der Waals surface area contributed by atoms with E-state index in [1.54, 1.807) is 30.3 Å². The summed E-state index contributed by atoms with van der Waals surface area (Å²) in [5.74, 6) is 1.27. The first kappa shape index (κ1) is 17.9. The number of rotatable bonds is 4. The molecule has 0 spiro atoms. The van der Waals surface area contributed by atoms with E-state index in [4.69, 9.17) is 0 Å². The maximum absolute atomic E-state index is 12.7. The van der Waals surface area contributed by atoms with Crippen LogP contribution in [0.2, 0.25) is 0 Å². The van der Waals surface area contributed by atoms with Gasteiger partial charge in [-0.15, -0.1) is 0 Å². The van der Waals surface area contributed by atoms with Gasteiger partial charge in [-0.1, -0.05) is 0 Å². The lowest BCUT2D eigenvalue weighted by Crippen LogP contribution is -2.50. The summed E-state index contributed by atoms with van der Waals surface area (Å²) in [6, 6.07) is 5.26. The highest BCUT2D eigenvalue weighted by molar-refractivity contribution is 5.94. The monoisotopic (exact) mass is 356 g/mol. The zero-order valence-electron chi connectivity index (χ0n) is 15.4. The van der Waals surface area contributed by atoms with Crippen LogP contribution < -0.4 is 15.8 Å². The van der Waals surface area contributed by atoms with Crippen LogP contribution in [0.4, 0.5) is 11.8 Å². The standard InChI is InChI=1S/C18H24N6O2/c1-4-19-18-20-13(2)12-15(21-18)23-8-10-24(11-9-23)17(26)14-6-5-7-22(3)16(14)25/h5-7,12H,4,8-11H2,1-3H3,(H,19,20,21). The summed E-state index contributed by atoms with van der Waals surface area (Å²) in [5, 5.41) is 3.14. The number of hydrogen-bond donors (Lipinski definition) is 1. The highest BCUT2D eigenvalue weighted by Crippen LogP contribution is 2.17. The Labute approximate surface area is 152 Å². The second kappa shape index (κ2) is 7.55. The number of carbonyl (C=O) groups is 1. The van der Waals surface area contributed by atoms with Crippen molar-refractivity contribution in [1.82, 2.24) is 19.4 Å². The second-order valence-corrected chi connectivity index (χ2v) is 6.34. The van der Waals surface area contributed by atoms with Crippen LogP contribution in [0.15, 0.2) is 29.2 Å². The third-order valence-corrected chi connectivity index (χ3v) is 4.42. The van der Waals surface area contributed by atoms with Gasteiger partial charge in [-0.25, -0.2) is 4.98 Å². The molecule has 0 aliphatic carbocycles. The maximum atomic E-state index is 12.7. The van der Waals surface area contributed by atoms with Gasteiger partial charge in [0.2, 0.25) is 5.95 Å². The number of pyridine rings is 1. The number of carbonyl (C=O) groups excluding carboxylic acids is 1. The van der Waals surface area contributed by atoms with E-state index in [-0.39, 0.29) is 17.0 Å². The number of nitrogens with one attached hydrogen (secondary N) is 1. The van der Waals surface area contributed by atoms with E-state index >= 15 is 0 Å². The molecule has 1 saturated heterocycles. The molecule has 1 fully saturated rings. The van der Waals surface area contributed by atoms with Gasteiger partial charge in [-0.2, -0.15) is 4.98 Å². The van der Waals surface area contributed by atoms with Gasteiger partial charge >= 0.3 is 0 Å². The van der Waals surface area contributed by atoms with E-state index in [2.05, 4.69) is 20.2 Å². The third kappa shape index (κ3) is 3.68. The molecule has 1 amide bonds. The summed E-state index contributed by atoms with van der Waals surface area (Å²) in [4.78, 5) is 37.6. The fraction of sp³-hybridized carbons (Fsp3) is 0.444. The van der Waals surface area contributed by atoms with Crippen molar-refractivity contribution in [2.45, 2.75) is 13.8 Å². The molecular weight excluding hydrogens is 332 g/mol. The zero-order valence-corrected chi connectivity index (χ0v) is 15.4. The number of amides is 1. The maximum Gasteiger partial charge on any atom is 0.263 e. The Bertz CT molecular complexity index is 855. The van der Waals surface area contributed by atoms with Crippen molar-refractivity contribution < 1.29 is 4.79 Å². The van der Waals surface area contributed by atoms with Gasteiger partial charge in [0.1, 0.15) is 11.4 Å². The molecule has 3 heterocycles. The van der Waals surface area contributed by atoms with Crippen LogP contribution in [0.1, 0.15) is 23.0 Å². The van der Waals surface area contributed by atoms with Gasteiger partial charge in [-0.3, -0.25) is 9.59 Å². The summed E-state index contributed by atoms with van der Waals surface area (Å²) in [6.07, 6.45) is 1.65. The summed E-state index contributed by atoms with van der Waals surface area (Å²) in [6.45, 7) is 7.15. The van der Waals surface area contributed by atoms with Crippen LogP contribution in [-0.4, -0.2) is 58.1 Å². The molecule has 2 aromatic heterocycles. The highest BCUT2D eigenvalue weighted by atomic mass is 16.2. The Balaban J connectivity index is 1.70. The van der Waals surface area contributed by atoms with Gasteiger partial charge < -0.3 is 19.7 Å². The molecule has 0 unspecified atom stereocenters. The highest BCUT2D eigenvalue weighted by Gasteiger charge is 2.25. The molecule has 0 aromatic carbocycles. The molecule has 0 bridgehead atoms. The number of aryl methyl sites for hydroxylation is 2. The average Bonchev–Trinajstić information content (AvgIpc) is 2.63. The fourth-order valence-corrected chi connectivity index (χ4v) is 3.02. The first-order chi connectivity index (χ1) is 12.5. The van der Waals surface area contributed by atoms with Crippen molar-refractivity contribution in [1.29, 1.82) is 0 Å². The minimum atomic E-state index is -0.262. The third-order valence-electron chi connectivity index (χ3n) is 4.42. The minimum absolute atomic E-state index is 0.210. The smallest absolute Gasteiger partial charge is 0.263 e. The minimum Gasteiger partial charge on any atom is -0.354 e. The Morgan fingerprint density at radius 1 is 1.23 bits per heavy atom. The van der Waals surface area contributed by atoms with E-state index in [9.17, 15) is 9.59 Å². The van der Waals surface area contributed by atoms with Crippen molar-refractivity contribution in [3.8, 4) is 0 Å². The number of aromatic nitrogens is 3. The van der Waals surface area contributed by atoms with Crippen molar-refractivity contribution >= 4 is 17.7 Å². The molecule has 1 aliphatic heterocycles. The fourth-order valence-electron chi connectivity index (χ4n) is 3.02.